The molecule has 0 bridgehead atoms. The molecule has 100 valence electrons. The Bertz CT molecular complexity index is 394. The maximum atomic E-state index is 12.5. The summed E-state index contributed by atoms with van der Waals surface area (Å²) < 4.78 is 48.3. The van der Waals surface area contributed by atoms with Crippen LogP contribution < -0.4 is 10.2 Å². The van der Waals surface area contributed by atoms with E-state index in [1.165, 1.54) is 6.20 Å². The van der Waals surface area contributed by atoms with E-state index in [0.717, 1.165) is 31.5 Å². The number of nitrogens with zero attached hydrogens (tertiary/aromatic N) is 1. The van der Waals surface area contributed by atoms with Crippen molar-refractivity contribution in [2.24, 2.45) is 0 Å². The van der Waals surface area contributed by atoms with Gasteiger partial charge in [-0.05, 0) is 25.3 Å². The molecule has 2 heterocycles. The maximum Gasteiger partial charge on any atom is 0.511 e. The Labute approximate surface area is 103 Å². The summed E-state index contributed by atoms with van der Waals surface area (Å²) in [5.74, 6) is 0.140. The van der Waals surface area contributed by atoms with E-state index in [0.29, 0.717) is 6.61 Å². The van der Waals surface area contributed by atoms with Crippen molar-refractivity contribution in [1.82, 2.24) is 4.98 Å². The molecule has 0 N–H and O–H groups in total. The van der Waals surface area contributed by atoms with Gasteiger partial charge >= 0.3 is 6.98 Å². The summed E-state index contributed by atoms with van der Waals surface area (Å²) in [5.41, 5.74) is -0.739. The molecule has 1 fully saturated rings. The van der Waals surface area contributed by atoms with Gasteiger partial charge in [0.25, 0.3) is 0 Å². The van der Waals surface area contributed by atoms with E-state index in [9.17, 15) is 12.9 Å². The highest BCUT2D eigenvalue weighted by Crippen LogP contribution is 2.16. The minimum Gasteiger partial charge on any atom is -0.489 e. The lowest BCUT2D eigenvalue weighted by molar-refractivity contribution is -0.0111. The molecular formula is C11H14BF3NO2-. The Morgan fingerprint density at radius 3 is 2.83 bits per heavy atom. The van der Waals surface area contributed by atoms with Gasteiger partial charge in [0.15, 0.2) is 0 Å². The summed E-state index contributed by atoms with van der Waals surface area (Å²) in [7, 11) is 0. The molecule has 3 nitrogen and oxygen atoms in total. The van der Waals surface area contributed by atoms with Crippen molar-refractivity contribution in [2.45, 2.75) is 25.4 Å². The fourth-order valence-corrected chi connectivity index (χ4v) is 1.82. The minimum absolute atomic E-state index is 0.0289. The maximum absolute atomic E-state index is 12.5. The minimum atomic E-state index is -5.03. The van der Waals surface area contributed by atoms with E-state index in [1.807, 2.05) is 0 Å². The molecule has 2 rings (SSSR count). The number of aromatic nitrogens is 1. The molecule has 1 aromatic rings. The summed E-state index contributed by atoms with van der Waals surface area (Å²) in [5, 5.41) is 0. The van der Waals surface area contributed by atoms with Gasteiger partial charge in [-0.15, -0.1) is 0 Å². The fourth-order valence-electron chi connectivity index (χ4n) is 1.82. The van der Waals surface area contributed by atoms with Crippen LogP contribution in [-0.4, -0.2) is 31.3 Å². The normalized spacial score (nSPS) is 20.7. The number of hydrogen-bond acceptors (Lipinski definition) is 3. The Morgan fingerprint density at radius 2 is 2.17 bits per heavy atom. The lowest BCUT2D eigenvalue weighted by atomic mass is 9.81. The molecule has 1 saturated heterocycles. The number of rotatable bonds is 4. The first-order valence-corrected chi connectivity index (χ1v) is 5.95. The van der Waals surface area contributed by atoms with Gasteiger partial charge in [-0.25, -0.2) is 0 Å². The zero-order valence-corrected chi connectivity index (χ0v) is 9.82. The van der Waals surface area contributed by atoms with Crippen LogP contribution in [0.15, 0.2) is 18.5 Å². The third kappa shape index (κ3) is 3.63. The van der Waals surface area contributed by atoms with Crippen LogP contribution in [0.4, 0.5) is 12.9 Å². The summed E-state index contributed by atoms with van der Waals surface area (Å²) in [6, 6.07) is 0.982. The molecular weight excluding hydrogens is 246 g/mol. The SMILES string of the molecule is F[B-](F)(F)c1cncc(OCC2CCCCO2)c1. The van der Waals surface area contributed by atoms with Gasteiger partial charge in [0, 0.05) is 12.8 Å². The van der Waals surface area contributed by atoms with Gasteiger partial charge in [0.2, 0.25) is 0 Å². The predicted molar refractivity (Wildman–Crippen MR) is 62.0 cm³/mol. The van der Waals surface area contributed by atoms with Crippen molar-refractivity contribution < 1.29 is 22.4 Å². The van der Waals surface area contributed by atoms with Crippen LogP contribution in [-0.2, 0) is 4.74 Å². The second-order valence-corrected chi connectivity index (χ2v) is 4.33. The van der Waals surface area contributed by atoms with Crippen molar-refractivity contribution >= 4 is 12.4 Å². The van der Waals surface area contributed by atoms with Gasteiger partial charge in [-0.2, -0.15) is 0 Å². The van der Waals surface area contributed by atoms with Crippen molar-refractivity contribution in [3.8, 4) is 5.75 Å². The van der Waals surface area contributed by atoms with Crippen LogP contribution >= 0.6 is 0 Å². The summed E-state index contributed by atoms with van der Waals surface area (Å²) >= 11 is 0. The van der Waals surface area contributed by atoms with Crippen LogP contribution in [0.3, 0.4) is 0 Å². The second-order valence-electron chi connectivity index (χ2n) is 4.33. The Balaban J connectivity index is 1.92. The van der Waals surface area contributed by atoms with Crippen LogP contribution in [0, 0.1) is 0 Å². The highest BCUT2D eigenvalue weighted by atomic mass is 19.4. The Morgan fingerprint density at radius 1 is 1.33 bits per heavy atom. The third-order valence-electron chi connectivity index (χ3n) is 2.82. The van der Waals surface area contributed by atoms with Gasteiger partial charge in [-0.3, -0.25) is 4.98 Å². The van der Waals surface area contributed by atoms with Gasteiger partial charge < -0.3 is 22.4 Å². The molecule has 0 aliphatic carbocycles. The molecule has 7 heteroatoms. The molecule has 1 atom stereocenters. The quantitative estimate of drug-likeness (QED) is 0.776. The van der Waals surface area contributed by atoms with E-state index >= 15 is 0 Å². The summed E-state index contributed by atoms with van der Waals surface area (Å²) in [6.45, 7) is -4.06. The van der Waals surface area contributed by atoms with Crippen LogP contribution in [0.25, 0.3) is 0 Å². The standard InChI is InChI=1S/C11H14BF3NO2/c13-12(14,15)9-5-11(7-16-6-9)18-8-10-3-1-2-4-17-10/h5-7,10H,1-4,8H2/q-1. The average molecular weight is 260 g/mol. The van der Waals surface area contributed by atoms with Crippen LogP contribution in [0.5, 0.6) is 5.75 Å². The average Bonchev–Trinajstić information content (AvgIpc) is 2.37. The lowest BCUT2D eigenvalue weighted by Gasteiger charge is -2.23. The smallest absolute Gasteiger partial charge is 0.489 e. The van der Waals surface area contributed by atoms with Crippen molar-refractivity contribution in [3.63, 3.8) is 0 Å². The van der Waals surface area contributed by atoms with Crippen molar-refractivity contribution in [1.29, 1.82) is 0 Å². The highest BCUT2D eigenvalue weighted by Gasteiger charge is 2.26. The van der Waals surface area contributed by atoms with Crippen LogP contribution in [0.1, 0.15) is 19.3 Å². The molecule has 0 spiro atoms. The van der Waals surface area contributed by atoms with Gasteiger partial charge in [0.05, 0.1) is 12.3 Å². The third-order valence-corrected chi connectivity index (χ3v) is 2.82. The van der Waals surface area contributed by atoms with E-state index in [1.54, 1.807) is 0 Å². The van der Waals surface area contributed by atoms with Crippen LogP contribution in [0.2, 0.25) is 0 Å². The van der Waals surface area contributed by atoms with E-state index in [-0.39, 0.29) is 18.5 Å². The summed E-state index contributed by atoms with van der Waals surface area (Å²) in [4.78, 5) is 3.54. The lowest BCUT2D eigenvalue weighted by Crippen LogP contribution is -2.34. The molecule has 18 heavy (non-hydrogen) atoms. The molecule has 0 aromatic carbocycles. The molecule has 0 radical (unpaired) electrons. The molecule has 1 unspecified atom stereocenters. The topological polar surface area (TPSA) is 31.4 Å². The zero-order valence-electron chi connectivity index (χ0n) is 9.82. The molecule has 1 aliphatic heterocycles. The molecule has 1 aliphatic rings. The largest absolute Gasteiger partial charge is 0.511 e. The van der Waals surface area contributed by atoms with Gasteiger partial charge in [0.1, 0.15) is 12.4 Å². The Hall–Kier alpha value is -1.24. The second kappa shape index (κ2) is 5.60. The highest BCUT2D eigenvalue weighted by molar-refractivity contribution is 6.73. The predicted octanol–water partition coefficient (Wildman–Crippen LogP) is 2.08. The number of hydrogen-bond donors (Lipinski definition) is 0. The number of pyridine rings is 1. The van der Waals surface area contributed by atoms with Crippen molar-refractivity contribution in [2.75, 3.05) is 13.2 Å². The number of halogens is 3. The Kier molecular flexibility index (Phi) is 4.11. The first kappa shape index (κ1) is 13.2. The fraction of sp³-hybridized carbons (Fsp3) is 0.545. The first-order valence-electron chi connectivity index (χ1n) is 5.95. The van der Waals surface area contributed by atoms with Crippen molar-refractivity contribution in [3.05, 3.63) is 18.5 Å². The van der Waals surface area contributed by atoms with Gasteiger partial charge in [-0.1, -0.05) is 5.46 Å². The number of ether oxygens (including phenoxy) is 2. The monoisotopic (exact) mass is 260 g/mol. The summed E-state index contributed by atoms with van der Waals surface area (Å²) in [6.07, 6.45) is 5.05. The van der Waals surface area contributed by atoms with E-state index < -0.39 is 12.4 Å². The molecule has 0 amide bonds. The first-order chi connectivity index (χ1) is 8.55. The molecule has 0 saturated carbocycles. The van der Waals surface area contributed by atoms with E-state index in [2.05, 4.69) is 4.98 Å². The van der Waals surface area contributed by atoms with E-state index in [4.69, 9.17) is 9.47 Å². The zero-order chi connectivity index (χ0) is 13.0. The molecule has 1 aromatic heterocycles.